The molecule has 2 fully saturated rings. The predicted molar refractivity (Wildman–Crippen MR) is 98.0 cm³/mol. The minimum Gasteiger partial charge on any atom is -0.352 e. The Bertz CT molecular complexity index is 735. The first kappa shape index (κ1) is 16.3. The first-order valence-electron chi connectivity index (χ1n) is 8.80. The molecule has 0 atom stereocenters. The molecule has 1 aromatic carbocycles. The van der Waals surface area contributed by atoms with Gasteiger partial charge in [0.1, 0.15) is 0 Å². The highest BCUT2D eigenvalue weighted by molar-refractivity contribution is 6.30. The van der Waals surface area contributed by atoms with Gasteiger partial charge in [-0.05, 0) is 42.7 Å². The molecule has 2 aliphatic rings. The van der Waals surface area contributed by atoms with E-state index in [-0.39, 0.29) is 5.91 Å². The summed E-state index contributed by atoms with van der Waals surface area (Å²) in [4.78, 5) is 16.6. The second-order valence-electron chi connectivity index (χ2n) is 6.76. The van der Waals surface area contributed by atoms with Crippen molar-refractivity contribution in [2.24, 2.45) is 0 Å². The third-order valence-electron chi connectivity index (χ3n) is 4.89. The maximum Gasteiger partial charge on any atom is 0.227 e. The van der Waals surface area contributed by atoms with Crippen LogP contribution >= 0.6 is 11.6 Å². The summed E-state index contributed by atoms with van der Waals surface area (Å²) in [6, 6.07) is 11.6. The molecule has 1 aromatic heterocycles. The second-order valence-corrected chi connectivity index (χ2v) is 7.20. The number of halogens is 1. The van der Waals surface area contributed by atoms with Crippen LogP contribution in [0.3, 0.4) is 0 Å². The Labute approximate surface area is 152 Å². The van der Waals surface area contributed by atoms with Crippen LogP contribution in [0.1, 0.15) is 30.0 Å². The number of hydrogen-bond donors (Lipinski definition) is 0. The van der Waals surface area contributed by atoms with Crippen LogP contribution < -0.4 is 4.90 Å². The molecule has 0 unspecified atom stereocenters. The fraction of sp³-hybridized carbons (Fsp3) is 0.421. The summed E-state index contributed by atoms with van der Waals surface area (Å²) >= 11 is 5.89. The van der Waals surface area contributed by atoms with Gasteiger partial charge in [0.2, 0.25) is 5.91 Å². The Morgan fingerprint density at radius 2 is 1.72 bits per heavy atom. The van der Waals surface area contributed by atoms with E-state index in [0.717, 1.165) is 43.3 Å². The Morgan fingerprint density at radius 3 is 2.32 bits per heavy atom. The van der Waals surface area contributed by atoms with Crippen molar-refractivity contribution in [3.05, 3.63) is 52.7 Å². The summed E-state index contributed by atoms with van der Waals surface area (Å²) in [5.41, 5.74) is 2.11. The molecule has 1 saturated carbocycles. The van der Waals surface area contributed by atoms with Gasteiger partial charge >= 0.3 is 0 Å². The molecule has 2 aromatic rings. The van der Waals surface area contributed by atoms with Gasteiger partial charge in [-0.2, -0.15) is 5.10 Å². The smallest absolute Gasteiger partial charge is 0.227 e. The zero-order valence-electron chi connectivity index (χ0n) is 14.1. The Balaban J connectivity index is 1.31. The van der Waals surface area contributed by atoms with Crippen LogP contribution in [0.25, 0.3) is 0 Å². The number of benzene rings is 1. The molecule has 1 amide bonds. The first-order valence-corrected chi connectivity index (χ1v) is 9.17. The van der Waals surface area contributed by atoms with E-state index in [1.54, 1.807) is 0 Å². The molecule has 0 spiro atoms. The summed E-state index contributed by atoms with van der Waals surface area (Å²) in [7, 11) is 0. The average molecular weight is 357 g/mol. The molecule has 0 bridgehead atoms. The van der Waals surface area contributed by atoms with Crippen LogP contribution in [0.15, 0.2) is 36.4 Å². The minimum atomic E-state index is 0.164. The fourth-order valence-electron chi connectivity index (χ4n) is 3.17. The highest BCUT2D eigenvalue weighted by atomic mass is 35.5. The summed E-state index contributed by atoms with van der Waals surface area (Å²) in [6.07, 6.45) is 2.90. The molecule has 130 valence electrons. The monoisotopic (exact) mass is 356 g/mol. The molecule has 1 aliphatic carbocycles. The third-order valence-corrected chi connectivity index (χ3v) is 5.14. The molecule has 0 radical (unpaired) electrons. The number of anilines is 1. The lowest BCUT2D eigenvalue weighted by Gasteiger charge is -2.35. The second kappa shape index (κ2) is 7.00. The number of rotatable bonds is 4. The number of nitrogens with zero attached hydrogens (tertiary/aromatic N) is 4. The van der Waals surface area contributed by atoms with Gasteiger partial charge in [-0.3, -0.25) is 4.79 Å². The lowest BCUT2D eigenvalue weighted by atomic mass is 10.1. The van der Waals surface area contributed by atoms with E-state index in [1.165, 1.54) is 12.8 Å². The fourth-order valence-corrected chi connectivity index (χ4v) is 3.30. The molecule has 1 saturated heterocycles. The highest BCUT2D eigenvalue weighted by Crippen LogP contribution is 2.38. The summed E-state index contributed by atoms with van der Waals surface area (Å²) < 4.78 is 0. The van der Waals surface area contributed by atoms with Crippen molar-refractivity contribution in [2.45, 2.75) is 25.2 Å². The zero-order chi connectivity index (χ0) is 17.2. The first-order chi connectivity index (χ1) is 12.2. The third kappa shape index (κ3) is 3.93. The van der Waals surface area contributed by atoms with Crippen molar-refractivity contribution in [3.63, 3.8) is 0 Å². The molecule has 0 N–H and O–H groups in total. The van der Waals surface area contributed by atoms with E-state index in [2.05, 4.69) is 27.2 Å². The van der Waals surface area contributed by atoms with E-state index < -0.39 is 0 Å². The van der Waals surface area contributed by atoms with Gasteiger partial charge in [-0.15, -0.1) is 5.10 Å². The van der Waals surface area contributed by atoms with E-state index in [9.17, 15) is 4.79 Å². The van der Waals surface area contributed by atoms with Crippen LogP contribution in [0.2, 0.25) is 5.02 Å². The lowest BCUT2D eigenvalue weighted by Crippen LogP contribution is -2.49. The number of hydrogen-bond acceptors (Lipinski definition) is 4. The van der Waals surface area contributed by atoms with Crippen molar-refractivity contribution in [2.75, 3.05) is 31.1 Å². The van der Waals surface area contributed by atoms with E-state index in [0.29, 0.717) is 17.4 Å². The maximum absolute atomic E-state index is 12.5. The van der Waals surface area contributed by atoms with Crippen LogP contribution in [0, 0.1) is 0 Å². The summed E-state index contributed by atoms with van der Waals surface area (Å²) in [5.74, 6) is 1.70. The average Bonchev–Trinajstić information content (AvgIpc) is 3.49. The molecule has 4 rings (SSSR count). The van der Waals surface area contributed by atoms with Crippen molar-refractivity contribution >= 4 is 23.3 Å². The van der Waals surface area contributed by atoms with Crippen LogP contribution in [0.5, 0.6) is 0 Å². The lowest BCUT2D eigenvalue weighted by molar-refractivity contribution is -0.130. The van der Waals surface area contributed by atoms with Crippen molar-refractivity contribution in [1.82, 2.24) is 15.1 Å². The quantitative estimate of drug-likeness (QED) is 0.845. The topological polar surface area (TPSA) is 49.3 Å². The number of carbonyl (C=O) groups excluding carboxylic acids is 1. The van der Waals surface area contributed by atoms with E-state index in [1.807, 2.05) is 29.2 Å². The molecule has 5 nitrogen and oxygen atoms in total. The molecular formula is C19H21ClN4O. The van der Waals surface area contributed by atoms with Crippen molar-refractivity contribution in [3.8, 4) is 0 Å². The zero-order valence-corrected chi connectivity index (χ0v) is 14.8. The molecule has 1 aliphatic heterocycles. The van der Waals surface area contributed by atoms with Crippen molar-refractivity contribution < 1.29 is 4.79 Å². The normalized spacial score (nSPS) is 17.6. The maximum atomic E-state index is 12.5. The molecule has 25 heavy (non-hydrogen) atoms. The Hall–Kier alpha value is -2.14. The molecule has 6 heteroatoms. The van der Waals surface area contributed by atoms with Gasteiger partial charge in [0.15, 0.2) is 5.82 Å². The summed E-state index contributed by atoms with van der Waals surface area (Å²) in [6.45, 7) is 3.03. The van der Waals surface area contributed by atoms with Gasteiger partial charge in [-0.1, -0.05) is 23.7 Å². The highest BCUT2D eigenvalue weighted by Gasteiger charge is 2.26. The Kier molecular flexibility index (Phi) is 4.57. The van der Waals surface area contributed by atoms with E-state index >= 15 is 0 Å². The SMILES string of the molecule is O=C(Cc1ccc(Cl)cc1)N1CCN(c2ccc(C3CC3)nn2)CC1. The largest absolute Gasteiger partial charge is 0.352 e. The number of piperazine rings is 1. The van der Waals surface area contributed by atoms with Crippen LogP contribution in [-0.2, 0) is 11.2 Å². The van der Waals surface area contributed by atoms with Gasteiger partial charge < -0.3 is 9.80 Å². The standard InChI is InChI=1S/C19H21ClN4O/c20-16-5-1-14(2-6-16)13-19(25)24-11-9-23(10-12-24)18-8-7-17(21-22-18)15-3-4-15/h1-2,5-8,15H,3-4,9-13H2. The molecular weight excluding hydrogens is 336 g/mol. The Morgan fingerprint density at radius 1 is 1.00 bits per heavy atom. The molecule has 2 heterocycles. The predicted octanol–water partition coefficient (Wildman–Crippen LogP) is 2.90. The van der Waals surface area contributed by atoms with E-state index in [4.69, 9.17) is 11.6 Å². The van der Waals surface area contributed by atoms with Crippen molar-refractivity contribution in [1.29, 1.82) is 0 Å². The number of carbonyl (C=O) groups is 1. The minimum absolute atomic E-state index is 0.164. The van der Waals surface area contributed by atoms with Crippen LogP contribution in [-0.4, -0.2) is 47.2 Å². The number of amides is 1. The number of aromatic nitrogens is 2. The van der Waals surface area contributed by atoms with Crippen LogP contribution in [0.4, 0.5) is 5.82 Å². The summed E-state index contributed by atoms with van der Waals surface area (Å²) in [5, 5.41) is 9.41. The van der Waals surface area contributed by atoms with Gasteiger partial charge in [0.05, 0.1) is 12.1 Å². The van der Waals surface area contributed by atoms with Gasteiger partial charge in [0, 0.05) is 37.1 Å². The van der Waals surface area contributed by atoms with Gasteiger partial charge in [0.25, 0.3) is 0 Å². The van der Waals surface area contributed by atoms with Gasteiger partial charge in [-0.25, -0.2) is 0 Å².